The molecule has 1 N–H and O–H groups in total. The predicted octanol–water partition coefficient (Wildman–Crippen LogP) is 3.07. The van der Waals surface area contributed by atoms with Crippen LogP contribution in [0, 0.1) is 11.6 Å². The second kappa shape index (κ2) is 10.3. The number of ether oxygens (including phenoxy) is 1. The number of piperazine rings is 1. The quantitative estimate of drug-likeness (QED) is 0.579. The van der Waals surface area contributed by atoms with Crippen molar-refractivity contribution in [3.8, 4) is 5.88 Å². The van der Waals surface area contributed by atoms with E-state index in [4.69, 9.17) is 16.3 Å². The van der Waals surface area contributed by atoms with Crippen LogP contribution in [0.4, 0.5) is 8.78 Å². The zero-order chi connectivity index (χ0) is 24.3. The molecule has 0 radical (unpaired) electrons. The smallest absolute Gasteiger partial charge is 0.271 e. The largest absolute Gasteiger partial charge is 0.467 e. The fraction of sp³-hybridized carbons (Fsp3) is 0.429. The third-order valence-electron chi connectivity index (χ3n) is 5.48. The lowest BCUT2D eigenvalue weighted by molar-refractivity contribution is -0.138. The Bertz CT molecular complexity index is 1130. The highest BCUT2D eigenvalue weighted by molar-refractivity contribution is 7.86. The Kier molecular flexibility index (Phi) is 7.88. The summed E-state index contributed by atoms with van der Waals surface area (Å²) >= 11 is 5.89. The maximum atomic E-state index is 13.4. The van der Waals surface area contributed by atoms with Gasteiger partial charge in [0.05, 0.1) is 5.02 Å². The lowest BCUT2D eigenvalue weighted by Gasteiger charge is -2.39. The van der Waals surface area contributed by atoms with E-state index in [1.165, 1.54) is 25.3 Å². The van der Waals surface area contributed by atoms with Gasteiger partial charge in [0.25, 0.3) is 16.0 Å². The Labute approximate surface area is 195 Å². The van der Waals surface area contributed by atoms with Crippen LogP contribution in [0.3, 0.4) is 0 Å². The highest BCUT2D eigenvalue weighted by Gasteiger charge is 2.29. The molecule has 33 heavy (non-hydrogen) atoms. The summed E-state index contributed by atoms with van der Waals surface area (Å²) in [4.78, 5) is 20.4. The molecule has 2 heterocycles. The summed E-state index contributed by atoms with van der Waals surface area (Å²) in [6, 6.07) is 4.92. The van der Waals surface area contributed by atoms with Gasteiger partial charge in [0, 0.05) is 44.0 Å². The minimum Gasteiger partial charge on any atom is -0.467 e. The number of benzene rings is 1. The molecule has 12 heteroatoms. The molecule has 0 spiro atoms. The Morgan fingerprint density at radius 1 is 1.30 bits per heavy atom. The van der Waals surface area contributed by atoms with Crippen molar-refractivity contribution in [3.63, 3.8) is 0 Å². The second-order valence-corrected chi connectivity index (χ2v) is 10.1. The number of nitrogens with zero attached hydrogens (tertiary/aromatic N) is 3. The molecule has 8 nitrogen and oxygen atoms in total. The van der Waals surface area contributed by atoms with Gasteiger partial charge in [0.2, 0.25) is 5.88 Å². The predicted molar refractivity (Wildman–Crippen MR) is 118 cm³/mol. The van der Waals surface area contributed by atoms with Crippen molar-refractivity contribution >= 4 is 27.6 Å². The summed E-state index contributed by atoms with van der Waals surface area (Å²) in [5, 5.41) is -1.18. The Morgan fingerprint density at radius 2 is 2.03 bits per heavy atom. The van der Waals surface area contributed by atoms with Crippen molar-refractivity contribution in [3.05, 3.63) is 58.2 Å². The number of carbonyl (C=O) groups excluding carboxylic acids is 1. The van der Waals surface area contributed by atoms with E-state index in [1.807, 2.05) is 11.8 Å². The van der Waals surface area contributed by atoms with Gasteiger partial charge in [-0.3, -0.25) is 14.2 Å². The van der Waals surface area contributed by atoms with Crippen LogP contribution in [-0.2, 0) is 21.5 Å². The fourth-order valence-electron chi connectivity index (χ4n) is 3.67. The summed E-state index contributed by atoms with van der Waals surface area (Å²) in [5.74, 6) is -2.23. The van der Waals surface area contributed by atoms with Crippen molar-refractivity contribution in [1.82, 2.24) is 14.8 Å². The van der Waals surface area contributed by atoms with Crippen molar-refractivity contribution in [1.29, 1.82) is 0 Å². The molecule has 1 aliphatic rings. The lowest BCUT2D eigenvalue weighted by Crippen LogP contribution is -2.54. The molecule has 2 aromatic rings. The van der Waals surface area contributed by atoms with Gasteiger partial charge in [-0.05, 0) is 37.6 Å². The van der Waals surface area contributed by atoms with Crippen LogP contribution in [0.1, 0.15) is 30.2 Å². The number of aromatic nitrogens is 1. The zero-order valence-corrected chi connectivity index (χ0v) is 19.6. The lowest BCUT2D eigenvalue weighted by atomic mass is 10.1. The molecular formula is C21H24ClF2N3O5S. The van der Waals surface area contributed by atoms with Crippen LogP contribution in [0.5, 0.6) is 5.88 Å². The molecule has 0 saturated carbocycles. The van der Waals surface area contributed by atoms with Crippen LogP contribution < -0.4 is 4.74 Å². The van der Waals surface area contributed by atoms with Gasteiger partial charge in [-0.25, -0.2) is 13.8 Å². The van der Waals surface area contributed by atoms with Crippen molar-refractivity contribution in [2.75, 3.05) is 26.2 Å². The molecule has 0 aliphatic carbocycles. The summed E-state index contributed by atoms with van der Waals surface area (Å²) in [5.41, 5.74) is 0.681. The van der Waals surface area contributed by atoms with Crippen molar-refractivity contribution in [2.24, 2.45) is 0 Å². The van der Waals surface area contributed by atoms with E-state index in [2.05, 4.69) is 4.98 Å². The topological polar surface area (TPSA) is 100 Å². The monoisotopic (exact) mass is 503 g/mol. The summed E-state index contributed by atoms with van der Waals surface area (Å²) in [6.45, 7) is 4.61. The third kappa shape index (κ3) is 6.38. The van der Waals surface area contributed by atoms with E-state index in [0.717, 1.165) is 12.1 Å². The van der Waals surface area contributed by atoms with E-state index in [1.54, 1.807) is 4.90 Å². The Hall–Kier alpha value is -2.34. The van der Waals surface area contributed by atoms with Crippen LogP contribution in [0.2, 0.25) is 5.02 Å². The SMILES string of the molecule is CC(c1cc(Cl)cnc1OCC(=O)N1CCN(Cc2ccc(F)c(F)c2)C[C@H]1C)S(=O)(=O)O. The average molecular weight is 504 g/mol. The van der Waals surface area contributed by atoms with Crippen LogP contribution in [0.25, 0.3) is 0 Å². The molecule has 1 saturated heterocycles. The maximum absolute atomic E-state index is 13.4. The Balaban J connectivity index is 1.60. The molecule has 3 rings (SSSR count). The minimum atomic E-state index is -4.42. The van der Waals surface area contributed by atoms with Gasteiger partial charge < -0.3 is 9.64 Å². The highest BCUT2D eigenvalue weighted by atomic mass is 35.5. The first-order valence-corrected chi connectivity index (χ1v) is 12.0. The van der Waals surface area contributed by atoms with Gasteiger partial charge in [-0.2, -0.15) is 8.42 Å². The third-order valence-corrected chi connectivity index (χ3v) is 6.84. The summed E-state index contributed by atoms with van der Waals surface area (Å²) < 4.78 is 64.5. The first kappa shape index (κ1) is 25.3. The highest BCUT2D eigenvalue weighted by Crippen LogP contribution is 2.30. The normalized spacial score (nSPS) is 18.2. The molecule has 1 unspecified atom stereocenters. The molecule has 1 fully saturated rings. The minimum absolute atomic E-state index is 0.0437. The number of amides is 1. The fourth-order valence-corrected chi connectivity index (χ4v) is 4.33. The second-order valence-electron chi connectivity index (χ2n) is 7.91. The molecular weight excluding hydrogens is 480 g/mol. The number of carbonyl (C=O) groups is 1. The summed E-state index contributed by atoms with van der Waals surface area (Å²) in [6.07, 6.45) is 1.25. The maximum Gasteiger partial charge on any atom is 0.271 e. The standard InChI is InChI=1S/C21H24ClF2N3O5S/c1-13-10-26(11-15-3-4-18(23)19(24)7-15)5-6-27(13)20(28)12-32-21-17(8-16(22)9-25-21)14(2)33(29,30)31/h3-4,7-9,13-14H,5-6,10-12H2,1-2H3,(H,29,30,31)/t13-,14?/m1/s1. The van der Waals surface area contributed by atoms with E-state index in [9.17, 15) is 26.5 Å². The molecule has 1 amide bonds. The van der Waals surface area contributed by atoms with Gasteiger partial charge in [0.1, 0.15) is 5.25 Å². The molecule has 1 aromatic carbocycles. The van der Waals surface area contributed by atoms with Gasteiger partial charge in [-0.1, -0.05) is 17.7 Å². The number of hydrogen-bond acceptors (Lipinski definition) is 6. The first-order chi connectivity index (χ1) is 15.5. The zero-order valence-electron chi connectivity index (χ0n) is 18.0. The number of hydrogen-bond donors (Lipinski definition) is 1. The molecule has 2 atom stereocenters. The first-order valence-electron chi connectivity index (χ1n) is 10.2. The van der Waals surface area contributed by atoms with E-state index in [0.29, 0.717) is 31.7 Å². The van der Waals surface area contributed by atoms with E-state index in [-0.39, 0.29) is 35.0 Å². The Morgan fingerprint density at radius 3 is 2.67 bits per heavy atom. The van der Waals surface area contributed by atoms with E-state index >= 15 is 0 Å². The van der Waals surface area contributed by atoms with Crippen molar-refractivity contribution < 1.29 is 31.3 Å². The number of halogens is 3. The van der Waals surface area contributed by atoms with Crippen LogP contribution in [-0.4, -0.2) is 65.9 Å². The molecule has 1 aliphatic heterocycles. The van der Waals surface area contributed by atoms with Crippen LogP contribution in [0.15, 0.2) is 30.5 Å². The average Bonchev–Trinajstić information content (AvgIpc) is 2.74. The molecule has 1 aromatic heterocycles. The van der Waals surface area contributed by atoms with Crippen LogP contribution >= 0.6 is 11.6 Å². The molecule has 180 valence electrons. The summed E-state index contributed by atoms with van der Waals surface area (Å²) in [7, 11) is -4.42. The van der Waals surface area contributed by atoms with Crippen molar-refractivity contribution in [2.45, 2.75) is 31.7 Å². The van der Waals surface area contributed by atoms with Gasteiger partial charge in [0.15, 0.2) is 18.2 Å². The number of rotatable bonds is 7. The van der Waals surface area contributed by atoms with Gasteiger partial charge >= 0.3 is 0 Å². The molecule has 0 bridgehead atoms. The number of pyridine rings is 1. The van der Waals surface area contributed by atoms with Gasteiger partial charge in [-0.15, -0.1) is 0 Å². The van der Waals surface area contributed by atoms with E-state index < -0.39 is 27.0 Å².